The third-order valence-corrected chi connectivity index (χ3v) is 3.02. The fourth-order valence-electron chi connectivity index (χ4n) is 1.00. The molecule has 0 spiro atoms. The quantitative estimate of drug-likeness (QED) is 0.498. The van der Waals surface area contributed by atoms with E-state index >= 15 is 0 Å². The first kappa shape index (κ1) is 14.7. The van der Waals surface area contributed by atoms with Crippen molar-refractivity contribution < 1.29 is 9.90 Å². The van der Waals surface area contributed by atoms with Crippen LogP contribution in [0.15, 0.2) is 0 Å². The van der Waals surface area contributed by atoms with Crippen molar-refractivity contribution in [3.05, 3.63) is 0 Å². The van der Waals surface area contributed by atoms with Crippen molar-refractivity contribution in [3.63, 3.8) is 0 Å². The fraction of sp³-hybridized carbons (Fsp3) is 0.900. The Kier molecular flexibility index (Phi) is 10.1. The average molecular weight is 234 g/mol. The lowest BCUT2D eigenvalue weighted by Crippen LogP contribution is -2.28. The van der Waals surface area contributed by atoms with Gasteiger partial charge in [-0.25, -0.2) is 0 Å². The highest BCUT2D eigenvalue weighted by Crippen LogP contribution is 2.01. The molecule has 1 atom stereocenters. The topological polar surface area (TPSA) is 75.4 Å². The zero-order valence-electron chi connectivity index (χ0n) is 9.37. The van der Waals surface area contributed by atoms with E-state index in [0.717, 1.165) is 17.9 Å². The number of carbonyl (C=O) groups excluding carboxylic acids is 1. The van der Waals surface area contributed by atoms with Gasteiger partial charge in [-0.15, -0.1) is 0 Å². The van der Waals surface area contributed by atoms with Gasteiger partial charge in [0.2, 0.25) is 5.91 Å². The number of nitrogens with one attached hydrogen (secondary N) is 1. The summed E-state index contributed by atoms with van der Waals surface area (Å²) in [6.07, 6.45) is 1.33. The molecule has 0 bridgehead atoms. The predicted molar refractivity (Wildman–Crippen MR) is 64.9 cm³/mol. The Hall–Kier alpha value is -0.260. The Bertz CT molecular complexity index is 168. The van der Waals surface area contributed by atoms with Crippen LogP contribution in [-0.2, 0) is 4.79 Å². The highest BCUT2D eigenvalue weighted by molar-refractivity contribution is 7.99. The van der Waals surface area contributed by atoms with Crippen molar-refractivity contribution >= 4 is 17.7 Å². The summed E-state index contributed by atoms with van der Waals surface area (Å²) in [6.45, 7) is 3.47. The number of aliphatic hydroxyl groups is 1. The number of thioether (sulfide) groups is 1. The lowest BCUT2D eigenvalue weighted by molar-refractivity contribution is -0.121. The third-order valence-electron chi connectivity index (χ3n) is 1.95. The maximum atomic E-state index is 11.3. The molecule has 0 saturated heterocycles. The van der Waals surface area contributed by atoms with E-state index in [1.165, 1.54) is 0 Å². The average Bonchev–Trinajstić information content (AvgIpc) is 2.23. The molecular formula is C10H22N2O2S. The molecule has 1 unspecified atom stereocenters. The third kappa shape index (κ3) is 10.0. The van der Waals surface area contributed by atoms with Gasteiger partial charge in [-0.1, -0.05) is 6.92 Å². The fourth-order valence-corrected chi connectivity index (χ4v) is 1.79. The molecule has 0 aromatic heterocycles. The Balaban J connectivity index is 3.24. The molecule has 1 amide bonds. The molecule has 0 heterocycles. The van der Waals surface area contributed by atoms with Crippen molar-refractivity contribution in [2.75, 3.05) is 31.2 Å². The first-order chi connectivity index (χ1) is 7.20. The van der Waals surface area contributed by atoms with Crippen molar-refractivity contribution in [2.45, 2.75) is 19.8 Å². The van der Waals surface area contributed by atoms with Gasteiger partial charge in [0, 0.05) is 25.3 Å². The molecule has 0 aliphatic heterocycles. The Labute approximate surface area is 96.0 Å². The molecule has 15 heavy (non-hydrogen) atoms. The number of amides is 1. The highest BCUT2D eigenvalue weighted by Gasteiger charge is 2.06. The molecule has 0 radical (unpaired) electrons. The van der Waals surface area contributed by atoms with Crippen LogP contribution in [0.25, 0.3) is 0 Å². The summed E-state index contributed by atoms with van der Waals surface area (Å²) < 4.78 is 0. The van der Waals surface area contributed by atoms with Crippen LogP contribution >= 0.6 is 11.8 Å². The summed E-state index contributed by atoms with van der Waals surface area (Å²) in [5.74, 6) is 2.19. The van der Waals surface area contributed by atoms with E-state index in [2.05, 4.69) is 5.32 Å². The maximum Gasteiger partial charge on any atom is 0.220 e. The van der Waals surface area contributed by atoms with Gasteiger partial charge in [-0.3, -0.25) is 4.79 Å². The second-order valence-electron chi connectivity index (χ2n) is 3.58. The van der Waals surface area contributed by atoms with Crippen LogP contribution in [-0.4, -0.2) is 42.2 Å². The normalized spacial score (nSPS) is 12.5. The minimum absolute atomic E-state index is 0.0794. The van der Waals surface area contributed by atoms with E-state index in [1.807, 2.05) is 6.92 Å². The second kappa shape index (κ2) is 10.3. The van der Waals surface area contributed by atoms with Crippen LogP contribution in [0.3, 0.4) is 0 Å². The van der Waals surface area contributed by atoms with E-state index in [4.69, 9.17) is 10.8 Å². The van der Waals surface area contributed by atoms with Crippen LogP contribution in [0.1, 0.15) is 19.8 Å². The smallest absolute Gasteiger partial charge is 0.220 e. The summed E-state index contributed by atoms with van der Waals surface area (Å²) in [7, 11) is 0. The van der Waals surface area contributed by atoms with Gasteiger partial charge in [-0.2, -0.15) is 11.8 Å². The lowest BCUT2D eigenvalue weighted by Gasteiger charge is -2.08. The van der Waals surface area contributed by atoms with Gasteiger partial charge < -0.3 is 16.2 Å². The zero-order chi connectivity index (χ0) is 11.5. The van der Waals surface area contributed by atoms with Gasteiger partial charge in [0.15, 0.2) is 0 Å². The first-order valence-corrected chi connectivity index (χ1v) is 6.51. The monoisotopic (exact) mass is 234 g/mol. The molecule has 0 rings (SSSR count). The van der Waals surface area contributed by atoms with Crippen LogP contribution in [0.4, 0.5) is 0 Å². The van der Waals surface area contributed by atoms with E-state index in [9.17, 15) is 4.79 Å². The summed E-state index contributed by atoms with van der Waals surface area (Å²) >= 11 is 1.75. The van der Waals surface area contributed by atoms with E-state index in [-0.39, 0.29) is 18.4 Å². The van der Waals surface area contributed by atoms with Gasteiger partial charge in [0.1, 0.15) is 0 Å². The van der Waals surface area contributed by atoms with Crippen LogP contribution < -0.4 is 11.1 Å². The molecule has 0 saturated carbocycles. The van der Waals surface area contributed by atoms with E-state index < -0.39 is 0 Å². The number of nitrogens with two attached hydrogens (primary N) is 1. The minimum atomic E-state index is 0.0794. The van der Waals surface area contributed by atoms with Crippen molar-refractivity contribution in [3.8, 4) is 0 Å². The molecule has 0 aliphatic carbocycles. The maximum absolute atomic E-state index is 11.3. The number of carbonyl (C=O) groups is 1. The standard InChI is InChI=1S/C10H22N2O2S/c1-9(8-11)7-10(14)12-3-6-15-5-2-4-13/h9,13H,2-8,11H2,1H3,(H,12,14). The number of aliphatic hydroxyl groups excluding tert-OH is 1. The summed E-state index contributed by atoms with van der Waals surface area (Å²) in [4.78, 5) is 11.3. The Morgan fingerprint density at radius 3 is 2.87 bits per heavy atom. The lowest BCUT2D eigenvalue weighted by atomic mass is 10.1. The van der Waals surface area contributed by atoms with Crippen LogP contribution in [0, 0.1) is 5.92 Å². The largest absolute Gasteiger partial charge is 0.396 e. The summed E-state index contributed by atoms with van der Waals surface area (Å²) in [5.41, 5.74) is 5.42. The molecular weight excluding hydrogens is 212 g/mol. The highest BCUT2D eigenvalue weighted by atomic mass is 32.2. The van der Waals surface area contributed by atoms with E-state index in [1.54, 1.807) is 11.8 Å². The van der Waals surface area contributed by atoms with E-state index in [0.29, 0.717) is 19.5 Å². The Morgan fingerprint density at radius 1 is 1.53 bits per heavy atom. The molecule has 5 heteroatoms. The molecule has 90 valence electrons. The van der Waals surface area contributed by atoms with Gasteiger partial charge in [0.25, 0.3) is 0 Å². The predicted octanol–water partition coefficient (Wildman–Crippen LogP) is 0.203. The summed E-state index contributed by atoms with van der Waals surface area (Å²) in [6, 6.07) is 0. The van der Waals surface area contributed by atoms with Crippen LogP contribution in [0.5, 0.6) is 0 Å². The van der Waals surface area contributed by atoms with Gasteiger partial charge in [-0.05, 0) is 24.6 Å². The number of hydrogen-bond acceptors (Lipinski definition) is 4. The number of hydrogen-bond donors (Lipinski definition) is 3. The van der Waals surface area contributed by atoms with Crippen molar-refractivity contribution in [2.24, 2.45) is 11.7 Å². The van der Waals surface area contributed by atoms with Gasteiger partial charge in [0.05, 0.1) is 0 Å². The first-order valence-electron chi connectivity index (χ1n) is 5.36. The molecule has 4 nitrogen and oxygen atoms in total. The van der Waals surface area contributed by atoms with Crippen molar-refractivity contribution in [1.82, 2.24) is 5.32 Å². The molecule has 4 N–H and O–H groups in total. The molecule has 0 aromatic carbocycles. The zero-order valence-corrected chi connectivity index (χ0v) is 10.2. The molecule has 0 aromatic rings. The molecule has 0 aliphatic rings. The number of rotatable bonds is 9. The molecule has 0 fully saturated rings. The van der Waals surface area contributed by atoms with Gasteiger partial charge >= 0.3 is 0 Å². The van der Waals surface area contributed by atoms with Crippen LogP contribution in [0.2, 0.25) is 0 Å². The van der Waals surface area contributed by atoms with Crippen molar-refractivity contribution in [1.29, 1.82) is 0 Å². The second-order valence-corrected chi connectivity index (χ2v) is 4.81. The summed E-state index contributed by atoms with van der Waals surface area (Å²) in [5, 5.41) is 11.4. The Morgan fingerprint density at radius 2 is 2.27 bits per heavy atom. The minimum Gasteiger partial charge on any atom is -0.396 e. The SMILES string of the molecule is CC(CN)CC(=O)NCCSCCCO.